The van der Waals surface area contributed by atoms with E-state index in [2.05, 4.69) is 11.3 Å². The highest BCUT2D eigenvalue weighted by Crippen LogP contribution is 2.48. The van der Waals surface area contributed by atoms with E-state index in [4.69, 9.17) is 4.84 Å². The zero-order valence-corrected chi connectivity index (χ0v) is 12.0. The van der Waals surface area contributed by atoms with E-state index < -0.39 is 23.8 Å². The summed E-state index contributed by atoms with van der Waals surface area (Å²) in [4.78, 5) is 30.7. The summed E-state index contributed by atoms with van der Waals surface area (Å²) in [6.07, 6.45) is 1.49. The molecule has 3 rings (SSSR count). The van der Waals surface area contributed by atoms with Crippen molar-refractivity contribution in [3.63, 3.8) is 0 Å². The molecule has 2 heterocycles. The Balaban J connectivity index is 2.13. The Kier molecular flexibility index (Phi) is 3.37. The third-order valence-corrected chi connectivity index (χ3v) is 3.89. The van der Waals surface area contributed by atoms with Crippen LogP contribution in [-0.2, 0) is 20.2 Å². The highest BCUT2D eigenvalue weighted by Gasteiger charge is 2.61. The second-order valence-corrected chi connectivity index (χ2v) is 5.02. The lowest BCUT2D eigenvalue weighted by molar-refractivity contribution is -0.168. The summed E-state index contributed by atoms with van der Waals surface area (Å²) in [6.45, 7) is 3.64. The number of ether oxygens (including phenoxy) is 1. The number of methoxy groups -OCH3 is 1. The number of urea groups is 1. The van der Waals surface area contributed by atoms with E-state index in [0.29, 0.717) is 5.56 Å². The number of benzene rings is 1. The first-order valence-corrected chi connectivity index (χ1v) is 6.77. The second-order valence-electron chi connectivity index (χ2n) is 5.02. The molecule has 2 aliphatic rings. The maximum absolute atomic E-state index is 15.5. The SMILES string of the molecule is C=CCON1C(=O)N2CC1c1ccccc1C2(F)C(=O)OC. The van der Waals surface area contributed by atoms with Crippen LogP contribution in [0.5, 0.6) is 0 Å². The number of esters is 1. The average molecular weight is 306 g/mol. The number of nitrogens with zero attached hydrogens (tertiary/aromatic N) is 2. The number of carbonyl (C=O) groups is 2. The molecule has 2 unspecified atom stereocenters. The number of hydroxylamine groups is 2. The molecular formula is C15H15FN2O4. The van der Waals surface area contributed by atoms with E-state index in [-0.39, 0.29) is 18.7 Å². The van der Waals surface area contributed by atoms with Crippen LogP contribution in [0, 0.1) is 0 Å². The van der Waals surface area contributed by atoms with Crippen molar-refractivity contribution < 1.29 is 23.6 Å². The molecule has 0 radical (unpaired) electrons. The van der Waals surface area contributed by atoms with Crippen LogP contribution < -0.4 is 0 Å². The minimum absolute atomic E-state index is 0.0125. The monoisotopic (exact) mass is 306 g/mol. The molecule has 116 valence electrons. The van der Waals surface area contributed by atoms with Crippen molar-refractivity contribution in [2.75, 3.05) is 20.3 Å². The Morgan fingerprint density at radius 3 is 2.95 bits per heavy atom. The fourth-order valence-electron chi connectivity index (χ4n) is 2.93. The highest BCUT2D eigenvalue weighted by molar-refractivity contribution is 5.90. The van der Waals surface area contributed by atoms with E-state index in [0.717, 1.165) is 17.1 Å². The molecule has 0 aliphatic carbocycles. The zero-order chi connectivity index (χ0) is 15.9. The van der Waals surface area contributed by atoms with E-state index in [9.17, 15) is 9.59 Å². The van der Waals surface area contributed by atoms with Gasteiger partial charge in [0.05, 0.1) is 20.3 Å². The minimum Gasteiger partial charge on any atom is -0.465 e. The molecule has 22 heavy (non-hydrogen) atoms. The molecule has 1 fully saturated rings. The van der Waals surface area contributed by atoms with Gasteiger partial charge in [-0.15, -0.1) is 6.58 Å². The fraction of sp³-hybridized carbons (Fsp3) is 0.333. The van der Waals surface area contributed by atoms with Gasteiger partial charge in [0.15, 0.2) is 0 Å². The van der Waals surface area contributed by atoms with Gasteiger partial charge in [0.1, 0.15) is 6.04 Å². The molecule has 0 N–H and O–H groups in total. The van der Waals surface area contributed by atoms with Crippen LogP contribution in [-0.4, -0.2) is 42.2 Å². The van der Waals surface area contributed by atoms with E-state index in [1.54, 1.807) is 18.2 Å². The molecule has 1 aromatic carbocycles. The minimum atomic E-state index is -2.65. The molecule has 2 aliphatic heterocycles. The number of hydrogen-bond donors (Lipinski definition) is 0. The number of hydrogen-bond acceptors (Lipinski definition) is 4. The van der Waals surface area contributed by atoms with Gasteiger partial charge < -0.3 is 4.74 Å². The number of amides is 2. The maximum atomic E-state index is 15.5. The lowest BCUT2D eigenvalue weighted by Gasteiger charge is -2.35. The van der Waals surface area contributed by atoms with Gasteiger partial charge in [-0.2, -0.15) is 5.06 Å². The highest BCUT2D eigenvalue weighted by atomic mass is 19.1. The molecule has 2 atom stereocenters. The molecule has 1 saturated heterocycles. The normalized spacial score (nSPS) is 25.9. The molecule has 0 spiro atoms. The van der Waals surface area contributed by atoms with Crippen LogP contribution in [0.1, 0.15) is 17.2 Å². The Hall–Kier alpha value is -2.41. The van der Waals surface area contributed by atoms with E-state index >= 15 is 4.39 Å². The van der Waals surface area contributed by atoms with Crippen molar-refractivity contribution in [3.8, 4) is 0 Å². The number of carbonyl (C=O) groups excluding carboxylic acids is 2. The van der Waals surface area contributed by atoms with Gasteiger partial charge in [-0.3, -0.25) is 9.74 Å². The standard InChI is InChI=1S/C15H15FN2O4/c1-3-8-22-18-12-9-17(14(18)20)15(16,13(19)21-2)11-7-5-4-6-10(11)12/h3-7,12H,1,8-9H2,2H3. The lowest BCUT2D eigenvalue weighted by Crippen LogP contribution is -2.52. The van der Waals surface area contributed by atoms with Crippen molar-refractivity contribution in [2.45, 2.75) is 11.8 Å². The smallest absolute Gasteiger partial charge is 0.370 e. The van der Waals surface area contributed by atoms with Crippen LogP contribution in [0.15, 0.2) is 36.9 Å². The van der Waals surface area contributed by atoms with Crippen molar-refractivity contribution in [1.29, 1.82) is 0 Å². The van der Waals surface area contributed by atoms with Gasteiger partial charge in [-0.05, 0) is 5.56 Å². The third-order valence-electron chi connectivity index (χ3n) is 3.89. The molecular weight excluding hydrogens is 291 g/mol. The largest absolute Gasteiger partial charge is 0.465 e. The first kappa shape index (κ1) is 14.5. The molecule has 1 aromatic rings. The second kappa shape index (κ2) is 5.10. The van der Waals surface area contributed by atoms with Crippen LogP contribution in [0.3, 0.4) is 0 Å². The quantitative estimate of drug-likeness (QED) is 0.484. The van der Waals surface area contributed by atoms with Crippen LogP contribution in [0.4, 0.5) is 9.18 Å². The molecule has 0 saturated carbocycles. The summed E-state index contributed by atoms with van der Waals surface area (Å²) < 4.78 is 20.1. The summed E-state index contributed by atoms with van der Waals surface area (Å²) in [5.74, 6) is -3.78. The predicted molar refractivity (Wildman–Crippen MR) is 74.1 cm³/mol. The van der Waals surface area contributed by atoms with Crippen molar-refractivity contribution in [1.82, 2.24) is 9.96 Å². The summed E-state index contributed by atoms with van der Waals surface area (Å²) in [6, 6.07) is 5.31. The number of alkyl halides is 1. The molecule has 2 bridgehead atoms. The van der Waals surface area contributed by atoms with Crippen molar-refractivity contribution >= 4 is 12.0 Å². The molecule has 2 amide bonds. The fourth-order valence-corrected chi connectivity index (χ4v) is 2.93. The van der Waals surface area contributed by atoms with Crippen molar-refractivity contribution in [2.24, 2.45) is 0 Å². The van der Waals surface area contributed by atoms with Gasteiger partial charge in [0.25, 0.3) is 0 Å². The Bertz CT molecular complexity index is 650. The summed E-state index contributed by atoms with van der Waals surface area (Å²) in [5, 5.41) is 1.09. The molecule has 7 heteroatoms. The summed E-state index contributed by atoms with van der Waals surface area (Å²) >= 11 is 0. The van der Waals surface area contributed by atoms with Crippen molar-refractivity contribution in [3.05, 3.63) is 48.0 Å². The Labute approximate surface area is 126 Å². The Morgan fingerprint density at radius 2 is 2.27 bits per heavy atom. The van der Waals surface area contributed by atoms with Gasteiger partial charge in [0, 0.05) is 5.56 Å². The van der Waals surface area contributed by atoms with Crippen LogP contribution >= 0.6 is 0 Å². The predicted octanol–water partition coefficient (Wildman–Crippen LogP) is 1.89. The van der Waals surface area contributed by atoms with Gasteiger partial charge >= 0.3 is 17.8 Å². The zero-order valence-electron chi connectivity index (χ0n) is 12.0. The van der Waals surface area contributed by atoms with Crippen LogP contribution in [0.2, 0.25) is 0 Å². The van der Waals surface area contributed by atoms with E-state index in [1.807, 2.05) is 0 Å². The van der Waals surface area contributed by atoms with Gasteiger partial charge in [0.2, 0.25) is 0 Å². The third kappa shape index (κ3) is 1.75. The maximum Gasteiger partial charge on any atom is 0.370 e. The molecule has 6 nitrogen and oxygen atoms in total. The van der Waals surface area contributed by atoms with E-state index in [1.165, 1.54) is 12.1 Å². The first-order valence-electron chi connectivity index (χ1n) is 6.77. The topological polar surface area (TPSA) is 59.1 Å². The number of rotatable bonds is 4. The summed E-state index contributed by atoms with van der Waals surface area (Å²) in [5.41, 5.74) is 0.637. The number of fused-ring (bicyclic) bond motifs is 4. The average Bonchev–Trinajstić information content (AvgIpc) is 2.85. The first-order chi connectivity index (χ1) is 10.6. The van der Waals surface area contributed by atoms with Crippen LogP contribution in [0.25, 0.3) is 0 Å². The molecule has 0 aromatic heterocycles. The number of halogens is 1. The Morgan fingerprint density at radius 1 is 1.55 bits per heavy atom. The van der Waals surface area contributed by atoms with Gasteiger partial charge in [-0.1, -0.05) is 30.3 Å². The van der Waals surface area contributed by atoms with Gasteiger partial charge in [-0.25, -0.2) is 14.0 Å². The lowest BCUT2D eigenvalue weighted by atomic mass is 9.89. The summed E-state index contributed by atoms with van der Waals surface area (Å²) in [7, 11) is 1.09.